The fourth-order valence-corrected chi connectivity index (χ4v) is 35.4. The summed E-state index contributed by atoms with van der Waals surface area (Å²) >= 11 is 0. The molecule has 0 amide bonds. The van der Waals surface area contributed by atoms with E-state index < -0.39 is 0 Å². The number of aliphatic hydroxyl groups excluding tert-OH is 6. The van der Waals surface area contributed by atoms with Gasteiger partial charge in [0.1, 0.15) is 12.6 Å². The first-order valence-corrected chi connectivity index (χ1v) is 52.4. The van der Waals surface area contributed by atoms with Crippen LogP contribution >= 0.6 is 0 Å². The SMILES string of the molecule is CC(C)CCC[C@@H](C)[C@H]1CCC2C3=C(CC[C@@]21C)[C@@]1(C)CC[C@@H](O)C[C@@]1(C=O)CC3.CC(C)CCC[C@@H](C)[C@H]1CCC2C3=C(CC[C@@]21C)[C@@]1(C)CC[C@@H](O)C[C@@]1(CO)CC3.CC(C)CCC[C@@H](C)[C@H]1CCC2C3=C(CC[C@@]21C)[C@@]1(C)CC[C@H](O)C[C@]1(C=O)CC3.CC(C)CCC[C@@H](C)[C@H]1CCC2C3=C(CC[C@@]21C)[C@@]1(C)CC[C@H](O)C[C@]1(CO)CC3. The molecule has 0 aromatic rings. The topological polar surface area (TPSA) is 156 Å². The van der Waals surface area contributed by atoms with E-state index in [1.54, 1.807) is 33.4 Å². The minimum absolute atomic E-state index is 0.0101. The van der Waals surface area contributed by atoms with Crippen LogP contribution in [0.5, 0.6) is 0 Å². The Balaban J connectivity index is 0.000000138. The van der Waals surface area contributed by atoms with Gasteiger partial charge in [-0.25, -0.2) is 0 Å². The standard InChI is InChI=1S/2C28H48O2.2C28H46O2/c4*1-19(2)7-6-8-20(3)23-9-10-24-22-12-16-28(18-29)17-21(30)11-15-27(28,5)25(22)13-14-26(23,24)4/h2*19-21,23-24,29-30H,6-18H2,1-5H3;2*18-21,23-24,30H,6-17H2,1-5H3/t20-,21+,23-,24?,26-,27-,28+;20-,21-,23-,24?,26-,27-,28-;20-,21+,23-,24?,26-,27-,28+;20-,21-,23-,24?,26-,27-,28-/m1111/s1. The highest BCUT2D eigenvalue weighted by molar-refractivity contribution is 5.66. The molecule has 0 spiro atoms. The van der Waals surface area contributed by atoms with Gasteiger partial charge in [-0.15, -0.1) is 0 Å². The summed E-state index contributed by atoms with van der Waals surface area (Å²) in [6.07, 6.45) is 58.7. The minimum atomic E-state index is -0.320. The monoisotopic (exact) mass is 1660 g/mol. The van der Waals surface area contributed by atoms with E-state index in [1.807, 2.05) is 11.1 Å². The largest absolute Gasteiger partial charge is 0.396 e. The van der Waals surface area contributed by atoms with Gasteiger partial charge in [-0.05, 0) is 358 Å². The average Bonchev–Trinajstić information content (AvgIpc) is 1.42. The molecule has 8 heteroatoms. The molecule has 8 saturated carbocycles. The van der Waals surface area contributed by atoms with Crippen LogP contribution in [0.15, 0.2) is 44.6 Å². The maximum absolute atomic E-state index is 12.4. The Labute approximate surface area is 737 Å². The molecule has 28 atom stereocenters. The van der Waals surface area contributed by atoms with E-state index in [4.69, 9.17) is 0 Å². The summed E-state index contributed by atoms with van der Waals surface area (Å²) in [7, 11) is 0. The van der Waals surface area contributed by atoms with Crippen LogP contribution in [0.4, 0.5) is 0 Å². The van der Waals surface area contributed by atoms with E-state index in [0.717, 1.165) is 197 Å². The molecule has 0 radical (unpaired) electrons. The van der Waals surface area contributed by atoms with Gasteiger partial charge in [0.2, 0.25) is 0 Å². The third-order valence-corrected chi connectivity index (χ3v) is 43.1. The highest BCUT2D eigenvalue weighted by atomic mass is 16.3. The van der Waals surface area contributed by atoms with Crippen molar-refractivity contribution in [1.29, 1.82) is 0 Å². The third kappa shape index (κ3) is 16.8. The van der Waals surface area contributed by atoms with Crippen molar-refractivity contribution < 1.29 is 40.2 Å². The summed E-state index contributed by atoms with van der Waals surface area (Å²) in [6.45, 7) is 49.6. The Morgan fingerprint density at radius 3 is 0.758 bits per heavy atom. The Morgan fingerprint density at radius 1 is 0.283 bits per heavy atom. The molecule has 0 bridgehead atoms. The van der Waals surface area contributed by atoms with Crippen LogP contribution in [0.3, 0.4) is 0 Å². The molecule has 8 nitrogen and oxygen atoms in total. The quantitative estimate of drug-likeness (QED) is 0.0412. The fourth-order valence-electron chi connectivity index (χ4n) is 35.4. The lowest BCUT2D eigenvalue weighted by Gasteiger charge is -2.60. The molecule has 4 unspecified atom stereocenters. The van der Waals surface area contributed by atoms with Crippen molar-refractivity contribution in [3.8, 4) is 0 Å². The molecule has 16 aliphatic rings. The minimum Gasteiger partial charge on any atom is -0.396 e. The lowest BCUT2D eigenvalue weighted by atomic mass is 9.45. The molecule has 0 saturated heterocycles. The Bertz CT molecular complexity index is 3410. The predicted octanol–water partition coefficient (Wildman–Crippen LogP) is 28.0. The van der Waals surface area contributed by atoms with Crippen molar-refractivity contribution in [2.24, 2.45) is 160 Å². The molecule has 16 aliphatic carbocycles. The normalized spacial score (nSPS) is 44.5. The van der Waals surface area contributed by atoms with E-state index >= 15 is 0 Å². The summed E-state index contributed by atoms with van der Waals surface area (Å²) in [6, 6.07) is 0. The molecular weight excluding hydrogens is 1470 g/mol. The van der Waals surface area contributed by atoms with Crippen molar-refractivity contribution in [1.82, 2.24) is 0 Å². The first-order valence-electron chi connectivity index (χ1n) is 52.4. The average molecular weight is 1660 g/mol. The van der Waals surface area contributed by atoms with E-state index in [1.165, 1.54) is 205 Å². The maximum atomic E-state index is 12.4. The zero-order valence-electron chi connectivity index (χ0n) is 81.6. The van der Waals surface area contributed by atoms with Crippen molar-refractivity contribution in [2.45, 2.75) is 471 Å². The summed E-state index contributed by atoms with van der Waals surface area (Å²) in [4.78, 5) is 24.8. The number of carbonyl (C=O) groups excluding carboxylic acids is 2. The molecule has 0 heterocycles. The summed E-state index contributed by atoms with van der Waals surface area (Å²) in [5, 5.41) is 62.6. The summed E-state index contributed by atoms with van der Waals surface area (Å²) in [5.74, 6) is 13.2. The van der Waals surface area contributed by atoms with Gasteiger partial charge in [-0.3, -0.25) is 0 Å². The molecule has 6 N–H and O–H groups in total. The lowest BCUT2D eigenvalue weighted by Crippen LogP contribution is -2.54. The van der Waals surface area contributed by atoms with E-state index in [0.29, 0.717) is 34.5 Å². The zero-order valence-corrected chi connectivity index (χ0v) is 81.6. The van der Waals surface area contributed by atoms with Crippen molar-refractivity contribution in [2.75, 3.05) is 13.2 Å². The Morgan fingerprint density at radius 2 is 0.517 bits per heavy atom. The Kier molecular flexibility index (Phi) is 29.6. The van der Waals surface area contributed by atoms with Crippen molar-refractivity contribution >= 4 is 12.6 Å². The number of aliphatic hydroxyl groups is 6. The molecule has 8 fully saturated rings. The Hall–Kier alpha value is -1.94. The van der Waals surface area contributed by atoms with Crippen LogP contribution in [0, 0.1) is 160 Å². The van der Waals surface area contributed by atoms with E-state index in [-0.39, 0.29) is 80.9 Å². The first-order chi connectivity index (χ1) is 56.7. The second kappa shape index (κ2) is 37.1. The number of allylic oxidation sites excluding steroid dienone is 8. The number of carbonyl (C=O) groups is 2. The van der Waals surface area contributed by atoms with Gasteiger partial charge in [-0.1, -0.05) is 260 Å². The molecule has 684 valence electrons. The smallest absolute Gasteiger partial charge is 0.127 e. The molecule has 0 aromatic heterocycles. The second-order valence-corrected chi connectivity index (χ2v) is 50.5. The van der Waals surface area contributed by atoms with Gasteiger partial charge in [0.25, 0.3) is 0 Å². The number of rotatable bonds is 24. The summed E-state index contributed by atoms with van der Waals surface area (Å²) < 4.78 is 0. The number of fused-ring (bicyclic) bond motifs is 16. The van der Waals surface area contributed by atoms with Gasteiger partial charge in [-0.2, -0.15) is 0 Å². The third-order valence-electron chi connectivity index (χ3n) is 43.1. The van der Waals surface area contributed by atoms with Crippen LogP contribution in [-0.4, -0.2) is 80.8 Å². The number of aldehydes is 2. The van der Waals surface area contributed by atoms with Crippen LogP contribution in [-0.2, 0) is 9.59 Å². The van der Waals surface area contributed by atoms with Gasteiger partial charge >= 0.3 is 0 Å². The van der Waals surface area contributed by atoms with Crippen molar-refractivity contribution in [3.05, 3.63) is 44.6 Å². The molecule has 16 rings (SSSR count). The first kappa shape index (κ1) is 95.6. The predicted molar refractivity (Wildman–Crippen MR) is 499 cm³/mol. The van der Waals surface area contributed by atoms with Gasteiger partial charge < -0.3 is 40.2 Å². The van der Waals surface area contributed by atoms with Gasteiger partial charge in [0, 0.05) is 45.7 Å². The molecule has 0 aromatic carbocycles. The molecule has 120 heavy (non-hydrogen) atoms. The van der Waals surface area contributed by atoms with Crippen molar-refractivity contribution in [3.63, 3.8) is 0 Å². The summed E-state index contributed by atoms with van der Waals surface area (Å²) in [5.41, 5.74) is 15.2. The zero-order chi connectivity index (χ0) is 86.9. The lowest BCUT2D eigenvalue weighted by molar-refractivity contribution is -0.133. The second-order valence-electron chi connectivity index (χ2n) is 50.5. The highest BCUT2D eigenvalue weighted by Gasteiger charge is 2.66. The molecular formula is C112H188O8. The van der Waals surface area contributed by atoms with Crippen LogP contribution in [0.2, 0.25) is 0 Å². The fraction of sp³-hybridized carbons (Fsp3) is 0.911. The van der Waals surface area contributed by atoms with Crippen LogP contribution in [0.1, 0.15) is 447 Å². The highest BCUT2D eigenvalue weighted by Crippen LogP contribution is 2.75. The number of hydrogen-bond acceptors (Lipinski definition) is 8. The number of hydrogen-bond donors (Lipinski definition) is 6. The molecule has 0 aliphatic heterocycles. The van der Waals surface area contributed by atoms with Crippen LogP contribution in [0.25, 0.3) is 0 Å². The van der Waals surface area contributed by atoms with Crippen LogP contribution < -0.4 is 0 Å². The van der Waals surface area contributed by atoms with E-state index in [2.05, 4.69) is 138 Å². The van der Waals surface area contributed by atoms with Gasteiger partial charge in [0.05, 0.1) is 24.4 Å². The van der Waals surface area contributed by atoms with E-state index in [9.17, 15) is 40.2 Å². The van der Waals surface area contributed by atoms with Gasteiger partial charge in [0.15, 0.2) is 0 Å². The maximum Gasteiger partial charge on any atom is 0.127 e.